The molecule has 0 aliphatic heterocycles. The zero-order chi connectivity index (χ0) is 16.4. The average Bonchev–Trinajstić information content (AvgIpc) is 3.06. The Labute approximate surface area is 131 Å². The van der Waals surface area contributed by atoms with Crippen molar-refractivity contribution in [2.75, 3.05) is 5.32 Å². The average molecular weight is 313 g/mol. The Morgan fingerprint density at radius 3 is 2.65 bits per heavy atom. The van der Waals surface area contributed by atoms with Gasteiger partial charge in [-0.2, -0.15) is 0 Å². The molecular formula is C16H15N3O4. The summed E-state index contributed by atoms with van der Waals surface area (Å²) in [4.78, 5) is 20.1. The number of aromatic nitrogens is 2. The van der Waals surface area contributed by atoms with Crippen LogP contribution in [0.3, 0.4) is 0 Å². The molecule has 0 amide bonds. The van der Waals surface area contributed by atoms with Crippen LogP contribution in [0.15, 0.2) is 47.1 Å². The van der Waals surface area contributed by atoms with Crippen LogP contribution >= 0.6 is 0 Å². The Kier molecular flexibility index (Phi) is 3.94. The van der Waals surface area contributed by atoms with Crippen LogP contribution in [0.5, 0.6) is 0 Å². The van der Waals surface area contributed by atoms with E-state index in [-0.39, 0.29) is 0 Å². The molecule has 0 spiro atoms. The fourth-order valence-corrected chi connectivity index (χ4v) is 2.24. The predicted octanol–water partition coefficient (Wildman–Crippen LogP) is 2.14. The topological polar surface area (TPSA) is 108 Å². The summed E-state index contributed by atoms with van der Waals surface area (Å²) in [6, 6.07) is 9.47. The van der Waals surface area contributed by atoms with Gasteiger partial charge in [0, 0.05) is 5.39 Å². The first kappa shape index (κ1) is 15.0. The second-order valence-corrected chi connectivity index (χ2v) is 5.09. The van der Waals surface area contributed by atoms with E-state index < -0.39 is 18.1 Å². The maximum Gasteiger partial charge on any atom is 0.328 e. The summed E-state index contributed by atoms with van der Waals surface area (Å²) in [5.74, 6) is -0.0220. The summed E-state index contributed by atoms with van der Waals surface area (Å²) in [7, 11) is 0. The van der Waals surface area contributed by atoms with Crippen LogP contribution < -0.4 is 5.32 Å². The van der Waals surface area contributed by atoms with Crippen LogP contribution in [0.25, 0.3) is 22.5 Å². The number of benzene rings is 1. The molecule has 0 aliphatic carbocycles. The van der Waals surface area contributed by atoms with Crippen molar-refractivity contribution in [1.82, 2.24) is 9.97 Å². The lowest BCUT2D eigenvalue weighted by Gasteiger charge is -2.19. The number of carboxylic acids is 1. The maximum atomic E-state index is 11.3. The monoisotopic (exact) mass is 313 g/mol. The van der Waals surface area contributed by atoms with E-state index in [1.54, 1.807) is 24.3 Å². The number of carbonyl (C=O) groups is 1. The highest BCUT2D eigenvalue weighted by molar-refractivity contribution is 5.92. The number of aliphatic carboxylic acids is 1. The number of para-hydroxylation sites is 1. The number of fused-ring (bicyclic) bond motifs is 1. The minimum absolute atomic E-state index is 0.329. The Balaban J connectivity index is 2.12. The molecule has 2 atom stereocenters. The SMILES string of the molecule is CC(O)C(Nc1nc(-c2ccco2)nc2ccccc12)C(=O)O. The highest BCUT2D eigenvalue weighted by atomic mass is 16.4. The van der Waals surface area contributed by atoms with Crippen molar-refractivity contribution in [2.24, 2.45) is 0 Å². The van der Waals surface area contributed by atoms with Gasteiger partial charge in [0.15, 0.2) is 17.6 Å². The summed E-state index contributed by atoms with van der Waals surface area (Å²) in [6.45, 7) is 1.41. The normalized spacial score (nSPS) is 13.7. The predicted molar refractivity (Wildman–Crippen MR) is 84.0 cm³/mol. The third kappa shape index (κ3) is 3.00. The first-order valence-electron chi connectivity index (χ1n) is 7.04. The van der Waals surface area contributed by atoms with Crippen molar-refractivity contribution >= 4 is 22.7 Å². The minimum Gasteiger partial charge on any atom is -0.480 e. The van der Waals surface area contributed by atoms with Crippen molar-refractivity contribution in [3.05, 3.63) is 42.7 Å². The quantitative estimate of drug-likeness (QED) is 0.662. The molecule has 0 radical (unpaired) electrons. The Hall–Kier alpha value is -2.93. The lowest BCUT2D eigenvalue weighted by molar-refractivity contribution is -0.140. The van der Waals surface area contributed by atoms with Gasteiger partial charge in [-0.1, -0.05) is 12.1 Å². The number of rotatable bonds is 5. The minimum atomic E-state index is -1.18. The summed E-state index contributed by atoms with van der Waals surface area (Å²) >= 11 is 0. The van der Waals surface area contributed by atoms with Gasteiger partial charge in [-0.15, -0.1) is 0 Å². The Morgan fingerprint density at radius 2 is 2.00 bits per heavy atom. The van der Waals surface area contributed by atoms with E-state index in [9.17, 15) is 15.0 Å². The number of carboxylic acid groups (broad SMARTS) is 1. The first-order valence-corrected chi connectivity index (χ1v) is 7.04. The molecule has 7 nitrogen and oxygen atoms in total. The Morgan fingerprint density at radius 1 is 1.22 bits per heavy atom. The lowest BCUT2D eigenvalue weighted by atomic mass is 10.1. The molecule has 2 unspecified atom stereocenters. The van der Waals surface area contributed by atoms with Gasteiger partial charge in [0.2, 0.25) is 0 Å². The molecular weight excluding hydrogens is 298 g/mol. The number of furan rings is 1. The van der Waals surface area contributed by atoms with Crippen molar-refractivity contribution in [1.29, 1.82) is 0 Å². The van der Waals surface area contributed by atoms with Gasteiger partial charge in [0.25, 0.3) is 0 Å². The van der Waals surface area contributed by atoms with Crippen molar-refractivity contribution in [2.45, 2.75) is 19.1 Å². The highest BCUT2D eigenvalue weighted by Gasteiger charge is 2.24. The van der Waals surface area contributed by atoms with Gasteiger partial charge >= 0.3 is 5.97 Å². The molecule has 23 heavy (non-hydrogen) atoms. The second kappa shape index (κ2) is 6.05. The summed E-state index contributed by atoms with van der Waals surface area (Å²) < 4.78 is 5.30. The molecule has 3 rings (SSSR count). The van der Waals surface area contributed by atoms with E-state index in [4.69, 9.17) is 4.42 Å². The number of hydrogen-bond acceptors (Lipinski definition) is 6. The van der Waals surface area contributed by atoms with Crippen molar-refractivity contribution < 1.29 is 19.4 Å². The maximum absolute atomic E-state index is 11.3. The fraction of sp³-hybridized carbons (Fsp3) is 0.188. The van der Waals surface area contributed by atoms with Gasteiger partial charge in [-0.25, -0.2) is 14.8 Å². The third-order valence-corrected chi connectivity index (χ3v) is 3.39. The van der Waals surface area contributed by atoms with Gasteiger partial charge in [-0.3, -0.25) is 0 Å². The molecule has 0 bridgehead atoms. The van der Waals surface area contributed by atoms with E-state index in [2.05, 4.69) is 15.3 Å². The number of nitrogens with one attached hydrogen (secondary N) is 1. The first-order chi connectivity index (χ1) is 11.1. The van der Waals surface area contributed by atoms with Crippen LogP contribution in [0.1, 0.15) is 6.92 Å². The zero-order valence-corrected chi connectivity index (χ0v) is 12.3. The molecule has 3 N–H and O–H groups in total. The molecule has 2 aromatic heterocycles. The van der Waals surface area contributed by atoms with Gasteiger partial charge in [-0.05, 0) is 31.2 Å². The number of aliphatic hydroxyl groups excluding tert-OH is 1. The zero-order valence-electron chi connectivity index (χ0n) is 12.3. The lowest BCUT2D eigenvalue weighted by Crippen LogP contribution is -2.39. The van der Waals surface area contributed by atoms with E-state index in [1.165, 1.54) is 13.2 Å². The smallest absolute Gasteiger partial charge is 0.328 e. The van der Waals surface area contributed by atoms with E-state index in [0.29, 0.717) is 28.3 Å². The Bertz CT molecular complexity index is 830. The van der Waals surface area contributed by atoms with Crippen LogP contribution in [0.2, 0.25) is 0 Å². The molecule has 0 saturated heterocycles. The van der Waals surface area contributed by atoms with Gasteiger partial charge in [0.1, 0.15) is 5.82 Å². The molecule has 0 saturated carbocycles. The molecule has 3 aromatic rings. The van der Waals surface area contributed by atoms with Crippen molar-refractivity contribution in [3.63, 3.8) is 0 Å². The standard InChI is InChI=1S/C16H15N3O4/c1-9(20)13(16(21)22)18-14-10-5-2-3-6-11(10)17-15(19-14)12-7-4-8-23-12/h2-9,13,20H,1H3,(H,21,22)(H,17,18,19). The largest absolute Gasteiger partial charge is 0.480 e. The molecule has 118 valence electrons. The number of nitrogens with zero attached hydrogens (tertiary/aromatic N) is 2. The highest BCUT2D eigenvalue weighted by Crippen LogP contribution is 2.25. The second-order valence-electron chi connectivity index (χ2n) is 5.09. The summed E-state index contributed by atoms with van der Waals surface area (Å²) in [5, 5.41) is 22.4. The van der Waals surface area contributed by atoms with E-state index >= 15 is 0 Å². The molecule has 1 aromatic carbocycles. The van der Waals surface area contributed by atoms with Crippen LogP contribution in [-0.4, -0.2) is 38.3 Å². The fourth-order valence-electron chi connectivity index (χ4n) is 2.24. The van der Waals surface area contributed by atoms with E-state index in [1.807, 2.05) is 12.1 Å². The number of hydrogen-bond donors (Lipinski definition) is 3. The molecule has 7 heteroatoms. The summed E-state index contributed by atoms with van der Waals surface area (Å²) in [5.41, 5.74) is 0.645. The van der Waals surface area contributed by atoms with Gasteiger partial charge < -0.3 is 19.9 Å². The van der Waals surface area contributed by atoms with Gasteiger partial charge in [0.05, 0.1) is 17.9 Å². The van der Waals surface area contributed by atoms with Crippen LogP contribution in [0, 0.1) is 0 Å². The third-order valence-electron chi connectivity index (χ3n) is 3.39. The van der Waals surface area contributed by atoms with E-state index in [0.717, 1.165) is 0 Å². The van der Waals surface area contributed by atoms with Crippen LogP contribution in [-0.2, 0) is 4.79 Å². The summed E-state index contributed by atoms with van der Waals surface area (Å²) in [6.07, 6.45) is 0.421. The van der Waals surface area contributed by atoms with Crippen LogP contribution in [0.4, 0.5) is 5.82 Å². The molecule has 0 fully saturated rings. The van der Waals surface area contributed by atoms with Crippen molar-refractivity contribution in [3.8, 4) is 11.6 Å². The molecule has 2 heterocycles. The molecule has 0 aliphatic rings. The number of aliphatic hydroxyl groups is 1. The number of anilines is 1.